The van der Waals surface area contributed by atoms with Crippen molar-refractivity contribution < 1.29 is 0 Å². The third-order valence-electron chi connectivity index (χ3n) is 3.92. The Balaban J connectivity index is 1.73. The van der Waals surface area contributed by atoms with Crippen molar-refractivity contribution in [3.63, 3.8) is 0 Å². The molecule has 1 N–H and O–H groups in total. The number of fused-ring (bicyclic) bond motifs is 1. The number of rotatable bonds is 3. The Morgan fingerprint density at radius 2 is 1.95 bits per heavy atom. The van der Waals surface area contributed by atoms with Gasteiger partial charge in [0, 0.05) is 23.3 Å². The second-order valence-corrected chi connectivity index (χ2v) is 5.27. The van der Waals surface area contributed by atoms with Gasteiger partial charge in [-0.3, -0.25) is 0 Å². The first-order valence-electron chi connectivity index (χ1n) is 7.22. The predicted molar refractivity (Wildman–Crippen MR) is 85.4 cm³/mol. The standard InChI is InChI=1S/C17H15N5/c1-12(13-6-3-2-4-7-13)22-11-16(20-21-22)15-10-19-17-14(15)8-5-9-18-17/h2-12H,1H3,(H,18,19). The van der Waals surface area contributed by atoms with Crippen LogP contribution in [0.15, 0.2) is 61.1 Å². The van der Waals surface area contributed by atoms with E-state index in [4.69, 9.17) is 0 Å². The van der Waals surface area contributed by atoms with Gasteiger partial charge in [-0.15, -0.1) is 5.10 Å². The Morgan fingerprint density at radius 1 is 1.09 bits per heavy atom. The summed E-state index contributed by atoms with van der Waals surface area (Å²) in [4.78, 5) is 7.47. The van der Waals surface area contributed by atoms with Crippen LogP contribution < -0.4 is 0 Å². The van der Waals surface area contributed by atoms with Crippen LogP contribution in [0.25, 0.3) is 22.3 Å². The van der Waals surface area contributed by atoms with Gasteiger partial charge in [-0.05, 0) is 24.6 Å². The number of hydrogen-bond donors (Lipinski definition) is 1. The summed E-state index contributed by atoms with van der Waals surface area (Å²) >= 11 is 0. The zero-order chi connectivity index (χ0) is 14.9. The summed E-state index contributed by atoms with van der Waals surface area (Å²) in [5.41, 5.74) is 3.94. The SMILES string of the molecule is CC(c1ccccc1)n1cc(-c2c[nH]c3ncccc23)nn1. The third-order valence-corrected chi connectivity index (χ3v) is 3.92. The number of hydrogen-bond acceptors (Lipinski definition) is 3. The molecule has 1 aromatic carbocycles. The Kier molecular flexibility index (Phi) is 2.96. The van der Waals surface area contributed by atoms with Crippen LogP contribution >= 0.6 is 0 Å². The normalized spacial score (nSPS) is 12.6. The summed E-state index contributed by atoms with van der Waals surface area (Å²) in [7, 11) is 0. The number of nitrogens with one attached hydrogen (secondary N) is 1. The highest BCUT2D eigenvalue weighted by atomic mass is 15.4. The van der Waals surface area contributed by atoms with Gasteiger partial charge in [0.2, 0.25) is 0 Å². The molecule has 108 valence electrons. The third kappa shape index (κ3) is 2.07. The monoisotopic (exact) mass is 289 g/mol. The van der Waals surface area contributed by atoms with Gasteiger partial charge in [0.15, 0.2) is 0 Å². The maximum Gasteiger partial charge on any atom is 0.137 e. The Morgan fingerprint density at radius 3 is 2.82 bits per heavy atom. The van der Waals surface area contributed by atoms with Gasteiger partial charge >= 0.3 is 0 Å². The lowest BCUT2D eigenvalue weighted by molar-refractivity contribution is 0.543. The summed E-state index contributed by atoms with van der Waals surface area (Å²) < 4.78 is 1.89. The molecule has 0 radical (unpaired) electrons. The van der Waals surface area contributed by atoms with Gasteiger partial charge in [0.05, 0.1) is 12.2 Å². The quantitative estimate of drug-likeness (QED) is 0.628. The fourth-order valence-electron chi connectivity index (χ4n) is 2.64. The molecule has 1 atom stereocenters. The minimum absolute atomic E-state index is 0.144. The van der Waals surface area contributed by atoms with Crippen molar-refractivity contribution in [1.82, 2.24) is 25.0 Å². The van der Waals surface area contributed by atoms with E-state index in [0.717, 1.165) is 22.3 Å². The topological polar surface area (TPSA) is 59.4 Å². The molecule has 0 spiro atoms. The van der Waals surface area contributed by atoms with Crippen molar-refractivity contribution in [1.29, 1.82) is 0 Å². The fraction of sp³-hybridized carbons (Fsp3) is 0.118. The first kappa shape index (κ1) is 12.8. The number of aromatic nitrogens is 5. The van der Waals surface area contributed by atoms with Crippen LogP contribution in [-0.2, 0) is 0 Å². The second-order valence-electron chi connectivity index (χ2n) is 5.27. The molecule has 0 saturated heterocycles. The molecule has 0 aliphatic carbocycles. The lowest BCUT2D eigenvalue weighted by Crippen LogP contribution is -2.07. The summed E-state index contributed by atoms with van der Waals surface area (Å²) in [6.07, 6.45) is 5.68. The lowest BCUT2D eigenvalue weighted by Gasteiger charge is -2.10. The molecule has 0 aliphatic heterocycles. The van der Waals surface area contributed by atoms with Crippen LogP contribution in [0, 0.1) is 0 Å². The van der Waals surface area contributed by atoms with Crippen LogP contribution in [0.3, 0.4) is 0 Å². The molecule has 3 heterocycles. The average molecular weight is 289 g/mol. The molecule has 0 bridgehead atoms. The molecule has 4 aromatic rings. The van der Waals surface area contributed by atoms with E-state index < -0.39 is 0 Å². The van der Waals surface area contributed by atoms with E-state index in [0.29, 0.717) is 0 Å². The summed E-state index contributed by atoms with van der Waals surface area (Å²) in [6, 6.07) is 14.4. The van der Waals surface area contributed by atoms with Crippen LogP contribution in [0.5, 0.6) is 0 Å². The molecule has 0 amide bonds. The maximum atomic E-state index is 4.32. The molecule has 0 saturated carbocycles. The van der Waals surface area contributed by atoms with E-state index in [2.05, 4.69) is 39.3 Å². The van der Waals surface area contributed by atoms with Crippen molar-refractivity contribution >= 4 is 11.0 Å². The molecule has 3 aromatic heterocycles. The van der Waals surface area contributed by atoms with Gasteiger partial charge < -0.3 is 4.98 Å². The van der Waals surface area contributed by atoms with E-state index in [1.807, 2.05) is 47.4 Å². The molecule has 4 rings (SSSR count). The number of H-pyrrole nitrogens is 1. The van der Waals surface area contributed by atoms with Crippen molar-refractivity contribution in [2.75, 3.05) is 0 Å². The van der Waals surface area contributed by atoms with Crippen molar-refractivity contribution in [2.45, 2.75) is 13.0 Å². The van der Waals surface area contributed by atoms with E-state index >= 15 is 0 Å². The molecule has 0 fully saturated rings. The minimum atomic E-state index is 0.144. The molecule has 22 heavy (non-hydrogen) atoms. The largest absolute Gasteiger partial charge is 0.345 e. The first-order chi connectivity index (χ1) is 10.8. The number of nitrogens with zero attached hydrogens (tertiary/aromatic N) is 4. The fourth-order valence-corrected chi connectivity index (χ4v) is 2.64. The van der Waals surface area contributed by atoms with Crippen molar-refractivity contribution in [3.05, 3.63) is 66.6 Å². The molecular formula is C17H15N5. The van der Waals surface area contributed by atoms with Gasteiger partial charge in [-0.25, -0.2) is 9.67 Å². The summed E-state index contributed by atoms with van der Waals surface area (Å²) in [5, 5.41) is 9.67. The molecule has 1 unspecified atom stereocenters. The van der Waals surface area contributed by atoms with E-state index in [-0.39, 0.29) is 6.04 Å². The Hall–Kier alpha value is -2.95. The summed E-state index contributed by atoms with van der Waals surface area (Å²) in [6.45, 7) is 2.12. The number of aromatic amines is 1. The van der Waals surface area contributed by atoms with Gasteiger partial charge in [-0.1, -0.05) is 35.5 Å². The molecular weight excluding hydrogens is 274 g/mol. The molecule has 0 aliphatic rings. The summed E-state index contributed by atoms with van der Waals surface area (Å²) in [5.74, 6) is 0. The number of pyridine rings is 1. The van der Waals surface area contributed by atoms with Gasteiger partial charge in [0.1, 0.15) is 11.3 Å². The highest BCUT2D eigenvalue weighted by molar-refractivity contribution is 5.92. The van der Waals surface area contributed by atoms with Crippen molar-refractivity contribution in [3.8, 4) is 11.3 Å². The maximum absolute atomic E-state index is 4.32. The van der Waals surface area contributed by atoms with Gasteiger partial charge in [0.25, 0.3) is 0 Å². The second kappa shape index (κ2) is 5.11. The van der Waals surface area contributed by atoms with E-state index in [9.17, 15) is 0 Å². The Labute approximate surface area is 127 Å². The zero-order valence-electron chi connectivity index (χ0n) is 12.1. The van der Waals surface area contributed by atoms with E-state index in [1.54, 1.807) is 6.20 Å². The van der Waals surface area contributed by atoms with Crippen LogP contribution in [-0.4, -0.2) is 25.0 Å². The smallest absolute Gasteiger partial charge is 0.137 e. The van der Waals surface area contributed by atoms with Crippen molar-refractivity contribution in [2.24, 2.45) is 0 Å². The molecule has 5 heteroatoms. The highest BCUT2D eigenvalue weighted by Crippen LogP contribution is 2.26. The van der Waals surface area contributed by atoms with E-state index in [1.165, 1.54) is 5.56 Å². The lowest BCUT2D eigenvalue weighted by atomic mass is 10.1. The minimum Gasteiger partial charge on any atom is -0.345 e. The average Bonchev–Trinajstić information content (AvgIpc) is 3.21. The van der Waals surface area contributed by atoms with Crippen LogP contribution in [0.4, 0.5) is 0 Å². The zero-order valence-corrected chi connectivity index (χ0v) is 12.1. The predicted octanol–water partition coefficient (Wildman–Crippen LogP) is 3.43. The number of benzene rings is 1. The van der Waals surface area contributed by atoms with Crippen LogP contribution in [0.1, 0.15) is 18.5 Å². The van der Waals surface area contributed by atoms with Gasteiger partial charge in [-0.2, -0.15) is 0 Å². The Bertz CT molecular complexity index is 907. The first-order valence-corrected chi connectivity index (χ1v) is 7.22. The molecule has 5 nitrogen and oxygen atoms in total. The highest BCUT2D eigenvalue weighted by Gasteiger charge is 2.13. The van der Waals surface area contributed by atoms with Crippen LogP contribution in [0.2, 0.25) is 0 Å².